The number of nitrogens with one attached hydrogen (secondary N) is 1. The zero-order chi connectivity index (χ0) is 13.5. The van der Waals surface area contributed by atoms with Gasteiger partial charge in [0, 0.05) is 19.6 Å². The van der Waals surface area contributed by atoms with Crippen LogP contribution in [0.5, 0.6) is 0 Å². The van der Waals surface area contributed by atoms with E-state index in [0.717, 1.165) is 24.9 Å². The Morgan fingerprint density at radius 1 is 1.16 bits per heavy atom. The maximum atomic E-state index is 3.54. The van der Waals surface area contributed by atoms with Crippen molar-refractivity contribution in [3.63, 3.8) is 0 Å². The number of likely N-dealkylation sites (tertiary alicyclic amines) is 1. The van der Waals surface area contributed by atoms with Gasteiger partial charge in [-0.2, -0.15) is 0 Å². The second kappa shape index (κ2) is 7.66. The third-order valence-corrected chi connectivity index (χ3v) is 4.35. The summed E-state index contributed by atoms with van der Waals surface area (Å²) in [6, 6.07) is 10.6. The van der Waals surface area contributed by atoms with Crippen LogP contribution in [0.25, 0.3) is 0 Å². The fourth-order valence-electron chi connectivity index (χ4n) is 2.91. The molecule has 0 amide bonds. The Bertz CT molecular complexity index is 340. The minimum Gasteiger partial charge on any atom is -0.311 e. The maximum Gasteiger partial charge on any atom is 0.0206 e. The molecular formula is C17H28N2. The maximum absolute atomic E-state index is 3.54. The molecule has 0 radical (unpaired) electrons. The van der Waals surface area contributed by atoms with Gasteiger partial charge in [0.25, 0.3) is 0 Å². The Labute approximate surface area is 118 Å². The molecule has 1 aliphatic heterocycles. The first-order valence-corrected chi connectivity index (χ1v) is 7.72. The minimum atomic E-state index is 0.860. The van der Waals surface area contributed by atoms with Gasteiger partial charge in [0.05, 0.1) is 0 Å². The smallest absolute Gasteiger partial charge is 0.0206 e. The number of rotatable bonds is 6. The molecule has 0 atom stereocenters. The Kier molecular flexibility index (Phi) is 5.87. The molecule has 2 rings (SSSR count). The van der Waals surface area contributed by atoms with Crippen molar-refractivity contribution in [3.8, 4) is 0 Å². The lowest BCUT2D eigenvalue weighted by Gasteiger charge is -2.33. The third-order valence-electron chi connectivity index (χ3n) is 4.35. The average Bonchev–Trinajstić information content (AvgIpc) is 2.45. The highest BCUT2D eigenvalue weighted by Gasteiger charge is 2.20. The van der Waals surface area contributed by atoms with E-state index in [1.54, 1.807) is 0 Å². The monoisotopic (exact) mass is 260 g/mol. The van der Waals surface area contributed by atoms with Crippen LogP contribution < -0.4 is 5.32 Å². The van der Waals surface area contributed by atoms with Crippen molar-refractivity contribution in [1.82, 2.24) is 10.2 Å². The van der Waals surface area contributed by atoms with E-state index in [0.29, 0.717) is 0 Å². The van der Waals surface area contributed by atoms with Crippen molar-refractivity contribution in [2.24, 2.45) is 11.8 Å². The number of piperidine rings is 1. The van der Waals surface area contributed by atoms with E-state index < -0.39 is 0 Å². The van der Waals surface area contributed by atoms with Crippen molar-refractivity contribution in [1.29, 1.82) is 0 Å². The summed E-state index contributed by atoms with van der Waals surface area (Å²) >= 11 is 0. The van der Waals surface area contributed by atoms with Gasteiger partial charge in [-0.25, -0.2) is 0 Å². The predicted octanol–water partition coefficient (Wildman–Crippen LogP) is 3.14. The molecule has 2 nitrogen and oxygen atoms in total. The predicted molar refractivity (Wildman–Crippen MR) is 82.2 cm³/mol. The highest BCUT2D eigenvalue weighted by Crippen LogP contribution is 2.23. The molecule has 1 saturated heterocycles. The van der Waals surface area contributed by atoms with Gasteiger partial charge < -0.3 is 10.2 Å². The van der Waals surface area contributed by atoms with E-state index in [2.05, 4.69) is 54.4 Å². The molecule has 1 aromatic rings. The Hall–Kier alpha value is -0.860. The van der Waals surface area contributed by atoms with Crippen molar-refractivity contribution in [3.05, 3.63) is 35.9 Å². The van der Waals surface area contributed by atoms with Gasteiger partial charge in [-0.15, -0.1) is 0 Å². The summed E-state index contributed by atoms with van der Waals surface area (Å²) in [6.07, 6.45) is 2.77. The fourth-order valence-corrected chi connectivity index (χ4v) is 2.91. The molecule has 106 valence electrons. The lowest BCUT2D eigenvalue weighted by atomic mass is 9.87. The van der Waals surface area contributed by atoms with Crippen LogP contribution in [0.3, 0.4) is 0 Å². The minimum absolute atomic E-state index is 0.860. The van der Waals surface area contributed by atoms with Crippen LogP contribution in [0.15, 0.2) is 30.3 Å². The summed E-state index contributed by atoms with van der Waals surface area (Å²) in [4.78, 5) is 2.61. The standard InChI is InChI=1S/C17H28N2/c1-15(2)17-8-11-19(12-9-17)13-10-18-14-16-6-4-3-5-7-16/h3-7,15,17-18H,8-14H2,1-2H3. The molecule has 1 N–H and O–H groups in total. The van der Waals surface area contributed by atoms with Gasteiger partial charge in [0.2, 0.25) is 0 Å². The summed E-state index contributed by atoms with van der Waals surface area (Å²) in [7, 11) is 0. The van der Waals surface area contributed by atoms with Crippen molar-refractivity contribution < 1.29 is 0 Å². The largest absolute Gasteiger partial charge is 0.311 e. The van der Waals surface area contributed by atoms with Crippen LogP contribution in [0.2, 0.25) is 0 Å². The van der Waals surface area contributed by atoms with E-state index in [1.807, 2.05) is 0 Å². The molecule has 2 heteroatoms. The van der Waals surface area contributed by atoms with Crippen LogP contribution >= 0.6 is 0 Å². The first-order valence-electron chi connectivity index (χ1n) is 7.72. The summed E-state index contributed by atoms with van der Waals surface area (Å²) in [5, 5.41) is 3.54. The summed E-state index contributed by atoms with van der Waals surface area (Å²) < 4.78 is 0. The molecule has 0 aliphatic carbocycles. The molecule has 0 saturated carbocycles. The lowest BCUT2D eigenvalue weighted by Crippen LogP contribution is -2.39. The molecule has 0 spiro atoms. The lowest BCUT2D eigenvalue weighted by molar-refractivity contribution is 0.158. The second-order valence-electron chi connectivity index (χ2n) is 6.09. The van der Waals surface area contributed by atoms with Gasteiger partial charge in [-0.3, -0.25) is 0 Å². The van der Waals surface area contributed by atoms with Crippen LogP contribution in [0, 0.1) is 11.8 Å². The van der Waals surface area contributed by atoms with Crippen LogP contribution in [0.1, 0.15) is 32.3 Å². The van der Waals surface area contributed by atoms with E-state index >= 15 is 0 Å². The number of hydrogen-bond acceptors (Lipinski definition) is 2. The van der Waals surface area contributed by atoms with Gasteiger partial charge in [0.1, 0.15) is 0 Å². The van der Waals surface area contributed by atoms with Crippen molar-refractivity contribution in [2.75, 3.05) is 26.2 Å². The Morgan fingerprint density at radius 2 is 1.84 bits per heavy atom. The quantitative estimate of drug-likeness (QED) is 0.791. The summed E-state index contributed by atoms with van der Waals surface area (Å²) in [5.74, 6) is 1.81. The summed E-state index contributed by atoms with van der Waals surface area (Å²) in [5.41, 5.74) is 1.38. The van der Waals surface area contributed by atoms with E-state index in [4.69, 9.17) is 0 Å². The topological polar surface area (TPSA) is 15.3 Å². The van der Waals surface area contributed by atoms with Crippen LogP contribution in [-0.4, -0.2) is 31.1 Å². The molecule has 0 bridgehead atoms. The van der Waals surface area contributed by atoms with Gasteiger partial charge in [-0.05, 0) is 43.3 Å². The number of benzene rings is 1. The molecule has 1 aromatic carbocycles. The van der Waals surface area contributed by atoms with Crippen molar-refractivity contribution >= 4 is 0 Å². The van der Waals surface area contributed by atoms with E-state index in [1.165, 1.54) is 38.0 Å². The number of hydrogen-bond donors (Lipinski definition) is 1. The van der Waals surface area contributed by atoms with Crippen molar-refractivity contribution in [2.45, 2.75) is 33.2 Å². The Balaban J connectivity index is 1.57. The Morgan fingerprint density at radius 3 is 2.47 bits per heavy atom. The molecule has 0 unspecified atom stereocenters. The van der Waals surface area contributed by atoms with Gasteiger partial charge >= 0.3 is 0 Å². The highest BCUT2D eigenvalue weighted by molar-refractivity contribution is 5.14. The number of nitrogens with zero attached hydrogens (tertiary/aromatic N) is 1. The second-order valence-corrected chi connectivity index (χ2v) is 6.09. The third kappa shape index (κ3) is 4.96. The first kappa shape index (κ1) is 14.5. The molecule has 1 heterocycles. The molecule has 1 aliphatic rings. The van der Waals surface area contributed by atoms with Gasteiger partial charge in [0.15, 0.2) is 0 Å². The first-order chi connectivity index (χ1) is 9.25. The van der Waals surface area contributed by atoms with Crippen LogP contribution in [0.4, 0.5) is 0 Å². The van der Waals surface area contributed by atoms with E-state index in [9.17, 15) is 0 Å². The normalized spacial score (nSPS) is 18.1. The zero-order valence-electron chi connectivity index (χ0n) is 12.4. The molecule has 19 heavy (non-hydrogen) atoms. The SMILES string of the molecule is CC(C)C1CCN(CCNCc2ccccc2)CC1. The van der Waals surface area contributed by atoms with Crippen LogP contribution in [-0.2, 0) is 6.54 Å². The summed E-state index contributed by atoms with van der Waals surface area (Å²) in [6.45, 7) is 10.6. The zero-order valence-corrected chi connectivity index (χ0v) is 12.4. The van der Waals surface area contributed by atoms with Gasteiger partial charge in [-0.1, -0.05) is 44.2 Å². The molecule has 0 aromatic heterocycles. The fraction of sp³-hybridized carbons (Fsp3) is 0.647. The molecule has 1 fully saturated rings. The van der Waals surface area contributed by atoms with E-state index in [-0.39, 0.29) is 0 Å². The molecular weight excluding hydrogens is 232 g/mol. The average molecular weight is 260 g/mol. The highest BCUT2D eigenvalue weighted by atomic mass is 15.1.